The fourth-order valence-corrected chi connectivity index (χ4v) is 2.45. The van der Waals surface area contributed by atoms with Crippen molar-refractivity contribution in [3.05, 3.63) is 66.5 Å². The minimum atomic E-state index is -0.307. The van der Waals surface area contributed by atoms with Crippen LogP contribution in [-0.4, -0.2) is 37.1 Å². The highest BCUT2D eigenvalue weighted by Gasteiger charge is 2.11. The zero-order valence-electron chi connectivity index (χ0n) is 15.4. The van der Waals surface area contributed by atoms with Gasteiger partial charge in [-0.3, -0.25) is 4.79 Å². The quantitative estimate of drug-likeness (QED) is 0.697. The number of para-hydroxylation sites is 2. The molecule has 0 fully saturated rings. The van der Waals surface area contributed by atoms with Gasteiger partial charge in [0.2, 0.25) is 5.95 Å². The van der Waals surface area contributed by atoms with Crippen molar-refractivity contribution in [3.63, 3.8) is 0 Å². The van der Waals surface area contributed by atoms with Crippen LogP contribution < -0.4 is 20.3 Å². The van der Waals surface area contributed by atoms with Crippen molar-refractivity contribution in [2.45, 2.75) is 0 Å². The molecular weight excluding hydrogens is 342 g/mol. The van der Waals surface area contributed by atoms with Crippen molar-refractivity contribution >= 4 is 28.9 Å². The van der Waals surface area contributed by atoms with Gasteiger partial charge in [-0.05, 0) is 42.5 Å². The molecule has 3 aromatic rings. The maximum absolute atomic E-state index is 12.5. The predicted octanol–water partition coefficient (Wildman–Crippen LogP) is 3.55. The smallest absolute Gasteiger partial charge is 0.274 e. The molecule has 0 aliphatic heterocycles. The molecule has 0 saturated heterocycles. The lowest BCUT2D eigenvalue weighted by Gasteiger charge is -2.13. The van der Waals surface area contributed by atoms with Gasteiger partial charge in [-0.1, -0.05) is 12.1 Å². The summed E-state index contributed by atoms with van der Waals surface area (Å²) < 4.78 is 5.30. The van der Waals surface area contributed by atoms with E-state index in [0.717, 1.165) is 11.4 Å². The zero-order chi connectivity index (χ0) is 19.2. The van der Waals surface area contributed by atoms with Gasteiger partial charge in [0.1, 0.15) is 11.4 Å². The molecule has 0 saturated carbocycles. The average molecular weight is 363 g/mol. The first-order valence-corrected chi connectivity index (χ1v) is 8.38. The number of carbonyl (C=O) groups excluding carboxylic acids is 1. The van der Waals surface area contributed by atoms with Gasteiger partial charge in [-0.15, -0.1) is 0 Å². The lowest BCUT2D eigenvalue weighted by atomic mass is 10.2. The van der Waals surface area contributed by atoms with E-state index in [-0.39, 0.29) is 11.6 Å². The van der Waals surface area contributed by atoms with Gasteiger partial charge in [0.25, 0.3) is 5.91 Å². The maximum Gasteiger partial charge on any atom is 0.274 e. The molecule has 0 spiro atoms. The first-order chi connectivity index (χ1) is 13.1. The van der Waals surface area contributed by atoms with E-state index >= 15 is 0 Å². The summed E-state index contributed by atoms with van der Waals surface area (Å²) >= 11 is 0. The second-order valence-electron chi connectivity index (χ2n) is 5.99. The molecule has 0 aliphatic carbocycles. The van der Waals surface area contributed by atoms with Crippen LogP contribution in [0.5, 0.6) is 5.75 Å². The Bertz CT molecular complexity index is 926. The summed E-state index contributed by atoms with van der Waals surface area (Å²) in [6.07, 6.45) is 1.54. The minimum Gasteiger partial charge on any atom is -0.495 e. The van der Waals surface area contributed by atoms with E-state index in [2.05, 4.69) is 20.6 Å². The number of nitrogens with one attached hydrogen (secondary N) is 2. The van der Waals surface area contributed by atoms with E-state index in [1.165, 1.54) is 6.20 Å². The lowest BCUT2D eigenvalue weighted by Crippen LogP contribution is -2.15. The Kier molecular flexibility index (Phi) is 5.51. The molecule has 7 heteroatoms. The Hall–Kier alpha value is -3.61. The number of hydrogen-bond donors (Lipinski definition) is 2. The van der Waals surface area contributed by atoms with Crippen molar-refractivity contribution in [1.29, 1.82) is 0 Å². The van der Waals surface area contributed by atoms with Crippen LogP contribution in [-0.2, 0) is 0 Å². The van der Waals surface area contributed by atoms with Crippen LogP contribution in [0.2, 0.25) is 0 Å². The van der Waals surface area contributed by atoms with E-state index in [4.69, 9.17) is 4.74 Å². The van der Waals surface area contributed by atoms with E-state index in [9.17, 15) is 4.79 Å². The molecule has 138 valence electrons. The van der Waals surface area contributed by atoms with Crippen molar-refractivity contribution in [3.8, 4) is 5.75 Å². The molecule has 3 rings (SSSR count). The summed E-state index contributed by atoms with van der Waals surface area (Å²) in [5.74, 6) is 0.671. The van der Waals surface area contributed by atoms with Crippen molar-refractivity contribution in [2.24, 2.45) is 0 Å². The highest BCUT2D eigenvalue weighted by molar-refractivity contribution is 6.03. The number of carbonyl (C=O) groups is 1. The molecule has 0 aliphatic rings. The molecule has 2 N–H and O–H groups in total. The van der Waals surface area contributed by atoms with Crippen molar-refractivity contribution in [1.82, 2.24) is 9.97 Å². The predicted molar refractivity (Wildman–Crippen MR) is 107 cm³/mol. The van der Waals surface area contributed by atoms with Gasteiger partial charge in [0, 0.05) is 31.7 Å². The number of aromatic nitrogens is 2. The molecule has 2 aromatic carbocycles. The van der Waals surface area contributed by atoms with Gasteiger partial charge in [-0.25, -0.2) is 9.97 Å². The van der Waals surface area contributed by atoms with E-state index < -0.39 is 0 Å². The summed E-state index contributed by atoms with van der Waals surface area (Å²) in [6, 6.07) is 16.6. The standard InChI is InChI=1S/C20H21N5O2/c1-25(2)15-10-8-14(9-11-15)22-19(26)17-12-13-21-20(24-17)23-16-6-4-5-7-18(16)27-3/h4-13H,1-3H3,(H,22,26)(H,21,23,24). The Morgan fingerprint density at radius 2 is 1.78 bits per heavy atom. The number of methoxy groups -OCH3 is 1. The normalized spacial score (nSPS) is 10.2. The third kappa shape index (κ3) is 4.52. The van der Waals surface area contributed by atoms with Gasteiger partial charge < -0.3 is 20.3 Å². The lowest BCUT2D eigenvalue weighted by molar-refractivity contribution is 0.102. The van der Waals surface area contributed by atoms with Crippen molar-refractivity contribution < 1.29 is 9.53 Å². The van der Waals surface area contributed by atoms with Crippen LogP contribution in [0.3, 0.4) is 0 Å². The number of rotatable bonds is 6. The van der Waals surface area contributed by atoms with Crippen LogP contribution in [0, 0.1) is 0 Å². The third-order valence-corrected chi connectivity index (χ3v) is 3.88. The van der Waals surface area contributed by atoms with Crippen LogP contribution in [0.4, 0.5) is 23.0 Å². The summed E-state index contributed by atoms with van der Waals surface area (Å²) in [7, 11) is 5.52. The number of benzene rings is 2. The molecule has 0 unspecified atom stereocenters. The zero-order valence-corrected chi connectivity index (χ0v) is 15.4. The highest BCUT2D eigenvalue weighted by Crippen LogP contribution is 2.25. The minimum absolute atomic E-state index is 0.263. The largest absolute Gasteiger partial charge is 0.495 e. The third-order valence-electron chi connectivity index (χ3n) is 3.88. The van der Waals surface area contributed by atoms with E-state index in [1.807, 2.05) is 67.5 Å². The van der Waals surface area contributed by atoms with Gasteiger partial charge in [-0.2, -0.15) is 0 Å². The fraction of sp³-hybridized carbons (Fsp3) is 0.150. The second kappa shape index (κ2) is 8.18. The molecule has 0 radical (unpaired) electrons. The summed E-state index contributed by atoms with van der Waals surface area (Å²) in [6.45, 7) is 0. The van der Waals surface area contributed by atoms with E-state index in [0.29, 0.717) is 17.4 Å². The van der Waals surface area contributed by atoms with Gasteiger partial charge in [0.05, 0.1) is 12.8 Å². The number of ether oxygens (including phenoxy) is 1. The monoisotopic (exact) mass is 363 g/mol. The maximum atomic E-state index is 12.5. The van der Waals surface area contributed by atoms with Crippen LogP contribution in [0.25, 0.3) is 0 Å². The van der Waals surface area contributed by atoms with E-state index in [1.54, 1.807) is 13.2 Å². The number of hydrogen-bond acceptors (Lipinski definition) is 6. The molecule has 1 aromatic heterocycles. The van der Waals surface area contributed by atoms with Crippen LogP contribution in [0.1, 0.15) is 10.5 Å². The summed E-state index contributed by atoms with van der Waals surface area (Å²) in [4.78, 5) is 22.9. The Morgan fingerprint density at radius 1 is 1.04 bits per heavy atom. The number of amides is 1. The van der Waals surface area contributed by atoms with Gasteiger partial charge in [0.15, 0.2) is 0 Å². The van der Waals surface area contributed by atoms with Crippen molar-refractivity contribution in [2.75, 3.05) is 36.7 Å². The molecule has 1 heterocycles. The molecule has 7 nitrogen and oxygen atoms in total. The molecular formula is C20H21N5O2. The first kappa shape index (κ1) is 18.2. The van der Waals surface area contributed by atoms with Crippen LogP contribution >= 0.6 is 0 Å². The van der Waals surface area contributed by atoms with Crippen LogP contribution in [0.15, 0.2) is 60.8 Å². The Balaban J connectivity index is 1.73. The SMILES string of the molecule is COc1ccccc1Nc1nccc(C(=O)Nc2ccc(N(C)C)cc2)n1. The topological polar surface area (TPSA) is 79.4 Å². The molecule has 27 heavy (non-hydrogen) atoms. The number of nitrogens with zero attached hydrogens (tertiary/aromatic N) is 3. The Morgan fingerprint density at radius 3 is 2.48 bits per heavy atom. The Labute approximate surface area is 158 Å². The summed E-state index contributed by atoms with van der Waals surface area (Å²) in [5, 5.41) is 5.91. The highest BCUT2D eigenvalue weighted by atomic mass is 16.5. The fourth-order valence-electron chi connectivity index (χ4n) is 2.45. The summed E-state index contributed by atoms with van der Waals surface area (Å²) in [5.41, 5.74) is 2.73. The number of anilines is 4. The second-order valence-corrected chi connectivity index (χ2v) is 5.99. The van der Waals surface area contributed by atoms with Gasteiger partial charge >= 0.3 is 0 Å². The molecule has 0 atom stereocenters. The molecule has 1 amide bonds. The molecule has 0 bridgehead atoms. The first-order valence-electron chi connectivity index (χ1n) is 8.38. The average Bonchev–Trinajstić information content (AvgIpc) is 2.69.